The van der Waals surface area contributed by atoms with Gasteiger partial charge in [-0.3, -0.25) is 0 Å². The first-order valence-corrected chi connectivity index (χ1v) is 6.50. The van der Waals surface area contributed by atoms with Crippen LogP contribution in [0.2, 0.25) is 0 Å². The third-order valence-corrected chi connectivity index (χ3v) is 3.49. The van der Waals surface area contributed by atoms with E-state index in [0.717, 1.165) is 12.8 Å². The van der Waals surface area contributed by atoms with Gasteiger partial charge in [-0.05, 0) is 40.5 Å². The summed E-state index contributed by atoms with van der Waals surface area (Å²) in [6, 6.07) is 0. The zero-order valence-electron chi connectivity index (χ0n) is 11.9. The van der Waals surface area contributed by atoms with E-state index >= 15 is 0 Å². The molecule has 4 N–H and O–H groups in total. The van der Waals surface area contributed by atoms with Gasteiger partial charge < -0.3 is 24.9 Å². The van der Waals surface area contributed by atoms with Gasteiger partial charge in [0.15, 0.2) is 0 Å². The summed E-state index contributed by atoms with van der Waals surface area (Å²) in [6.07, 6.45) is 6.53. The van der Waals surface area contributed by atoms with Crippen LogP contribution in [0.1, 0.15) is 59.8 Å². The van der Waals surface area contributed by atoms with Gasteiger partial charge in [-0.1, -0.05) is 19.3 Å². The van der Waals surface area contributed by atoms with Crippen molar-refractivity contribution >= 4 is 7.32 Å². The number of rotatable bonds is 3. The Kier molecular flexibility index (Phi) is 7.40. The maximum absolute atomic E-state index is 9.95. The van der Waals surface area contributed by atoms with E-state index in [2.05, 4.69) is 0 Å². The van der Waals surface area contributed by atoms with Crippen molar-refractivity contribution in [2.45, 2.75) is 77.1 Å². The van der Waals surface area contributed by atoms with Crippen molar-refractivity contribution in [3.05, 3.63) is 0 Å². The Bertz CT molecular complexity index is 216. The first-order chi connectivity index (χ1) is 8.06. The van der Waals surface area contributed by atoms with Crippen LogP contribution in [-0.4, -0.2) is 44.8 Å². The molecule has 5 nitrogen and oxygen atoms in total. The molecule has 0 aromatic rings. The van der Waals surface area contributed by atoms with Gasteiger partial charge >= 0.3 is 7.32 Å². The van der Waals surface area contributed by atoms with E-state index in [9.17, 15) is 5.11 Å². The first-order valence-electron chi connectivity index (χ1n) is 6.50. The Hall–Kier alpha value is -0.135. The lowest BCUT2D eigenvalue weighted by Crippen LogP contribution is -2.49. The average Bonchev–Trinajstić information content (AvgIpc) is 2.15. The summed E-state index contributed by atoms with van der Waals surface area (Å²) in [5, 5.41) is 31.5. The lowest BCUT2D eigenvalue weighted by Gasteiger charge is -2.40. The molecule has 108 valence electrons. The second kappa shape index (κ2) is 7.45. The number of aliphatic hydroxyl groups is 1. The Morgan fingerprint density at radius 2 is 1.33 bits per heavy atom. The van der Waals surface area contributed by atoms with Crippen LogP contribution in [0.25, 0.3) is 0 Å². The summed E-state index contributed by atoms with van der Waals surface area (Å²) in [6.45, 7) is 7.58. The molecule has 0 atom stereocenters. The van der Waals surface area contributed by atoms with Crippen molar-refractivity contribution in [1.29, 1.82) is 0 Å². The second-order valence-corrected chi connectivity index (χ2v) is 5.79. The van der Waals surface area contributed by atoms with Crippen molar-refractivity contribution in [2.24, 2.45) is 0 Å². The molecule has 1 fully saturated rings. The lowest BCUT2D eigenvalue weighted by atomic mass is 9.88. The molecule has 0 amide bonds. The molecule has 1 saturated carbocycles. The minimum atomic E-state index is -2.17. The molecular weight excluding hydrogens is 235 g/mol. The van der Waals surface area contributed by atoms with E-state index in [0.29, 0.717) is 6.10 Å². The zero-order chi connectivity index (χ0) is 14.4. The summed E-state index contributed by atoms with van der Waals surface area (Å²) in [5.74, 6) is 0. The minimum absolute atomic E-state index is 0.352. The molecule has 18 heavy (non-hydrogen) atoms. The maximum atomic E-state index is 9.95. The lowest BCUT2D eigenvalue weighted by molar-refractivity contribution is -0.179. The van der Waals surface area contributed by atoms with Crippen LogP contribution in [0.15, 0.2) is 0 Å². The molecular formula is C12H27BO5. The summed E-state index contributed by atoms with van der Waals surface area (Å²) >= 11 is 0. The summed E-state index contributed by atoms with van der Waals surface area (Å²) in [5.41, 5.74) is -1.22. The highest BCUT2D eigenvalue weighted by Crippen LogP contribution is 2.31. The molecule has 0 aliphatic heterocycles. The van der Waals surface area contributed by atoms with E-state index in [4.69, 9.17) is 19.8 Å². The fourth-order valence-corrected chi connectivity index (χ4v) is 1.74. The molecule has 0 aromatic carbocycles. The van der Waals surface area contributed by atoms with Crippen molar-refractivity contribution in [3.8, 4) is 0 Å². The topological polar surface area (TPSA) is 90.2 Å². The third-order valence-electron chi connectivity index (χ3n) is 3.49. The maximum Gasteiger partial charge on any atom is 0.631 e. The molecule has 0 heterocycles. The Balaban J connectivity index is 0.000000631. The predicted molar refractivity (Wildman–Crippen MR) is 70.7 cm³/mol. The number of hydrogen-bond acceptors (Lipinski definition) is 5. The van der Waals surface area contributed by atoms with Crippen LogP contribution in [0.4, 0.5) is 0 Å². The SMILES string of the molecule is CC(C)(O)C(C)(C)OC1CCCCC1.OB(O)O. The monoisotopic (exact) mass is 262 g/mol. The summed E-state index contributed by atoms with van der Waals surface area (Å²) < 4.78 is 5.99. The van der Waals surface area contributed by atoms with E-state index < -0.39 is 18.5 Å². The average molecular weight is 262 g/mol. The minimum Gasteiger partial charge on any atom is -0.402 e. The molecule has 6 heteroatoms. The van der Waals surface area contributed by atoms with E-state index in [-0.39, 0.29) is 0 Å². The molecule has 0 radical (unpaired) electrons. The Labute approximate surface area is 110 Å². The largest absolute Gasteiger partial charge is 0.631 e. The molecule has 0 unspecified atom stereocenters. The van der Waals surface area contributed by atoms with E-state index in [1.54, 1.807) is 0 Å². The summed E-state index contributed by atoms with van der Waals surface area (Å²) in [4.78, 5) is 0. The molecule has 1 rings (SSSR count). The standard InChI is InChI=1S/C12H24O2.BH3O3/c1-11(2,13)12(3,4)14-10-8-6-5-7-9-10;2-1(3)4/h10,13H,5-9H2,1-4H3;2-4H. The van der Waals surface area contributed by atoms with Gasteiger partial charge in [0.25, 0.3) is 0 Å². The zero-order valence-corrected chi connectivity index (χ0v) is 11.9. The molecule has 0 saturated heterocycles. The van der Waals surface area contributed by atoms with Gasteiger partial charge in [0.1, 0.15) is 0 Å². The number of hydrogen-bond donors (Lipinski definition) is 4. The smallest absolute Gasteiger partial charge is 0.402 e. The van der Waals surface area contributed by atoms with Crippen LogP contribution >= 0.6 is 0 Å². The normalized spacial score (nSPS) is 18.0. The van der Waals surface area contributed by atoms with Crippen LogP contribution < -0.4 is 0 Å². The van der Waals surface area contributed by atoms with Crippen LogP contribution in [-0.2, 0) is 4.74 Å². The van der Waals surface area contributed by atoms with E-state index in [1.807, 2.05) is 27.7 Å². The predicted octanol–water partition coefficient (Wildman–Crippen LogP) is 0.833. The van der Waals surface area contributed by atoms with Gasteiger partial charge in [0, 0.05) is 0 Å². The molecule has 1 aliphatic rings. The highest BCUT2D eigenvalue weighted by molar-refractivity contribution is 6.30. The molecule has 0 aromatic heterocycles. The quantitative estimate of drug-likeness (QED) is 0.566. The van der Waals surface area contributed by atoms with Gasteiger partial charge in [-0.25, -0.2) is 0 Å². The van der Waals surface area contributed by atoms with E-state index in [1.165, 1.54) is 19.3 Å². The summed E-state index contributed by atoms with van der Waals surface area (Å²) in [7, 11) is -2.17. The fraction of sp³-hybridized carbons (Fsp3) is 1.00. The van der Waals surface area contributed by atoms with Crippen molar-refractivity contribution in [1.82, 2.24) is 0 Å². The first kappa shape index (κ1) is 17.9. The highest BCUT2D eigenvalue weighted by atomic mass is 16.5. The van der Waals surface area contributed by atoms with Crippen LogP contribution in [0.3, 0.4) is 0 Å². The molecule has 0 bridgehead atoms. The molecule has 1 aliphatic carbocycles. The van der Waals surface area contributed by atoms with Gasteiger partial charge in [0.05, 0.1) is 17.3 Å². The van der Waals surface area contributed by atoms with Crippen LogP contribution in [0.5, 0.6) is 0 Å². The highest BCUT2D eigenvalue weighted by Gasteiger charge is 2.38. The second-order valence-electron chi connectivity index (χ2n) is 5.79. The van der Waals surface area contributed by atoms with Crippen molar-refractivity contribution < 1.29 is 24.9 Å². The Morgan fingerprint density at radius 1 is 0.944 bits per heavy atom. The Morgan fingerprint density at radius 3 is 1.67 bits per heavy atom. The van der Waals surface area contributed by atoms with Crippen molar-refractivity contribution in [3.63, 3.8) is 0 Å². The number of ether oxygens (including phenoxy) is 1. The van der Waals surface area contributed by atoms with Crippen molar-refractivity contribution in [2.75, 3.05) is 0 Å². The fourth-order valence-electron chi connectivity index (χ4n) is 1.74. The molecule has 0 spiro atoms. The third kappa shape index (κ3) is 7.33. The van der Waals surface area contributed by atoms with Gasteiger partial charge in [-0.2, -0.15) is 0 Å². The van der Waals surface area contributed by atoms with Gasteiger partial charge in [0.2, 0.25) is 0 Å². The van der Waals surface area contributed by atoms with Gasteiger partial charge in [-0.15, -0.1) is 0 Å². The van der Waals surface area contributed by atoms with Crippen LogP contribution in [0, 0.1) is 0 Å².